The first kappa shape index (κ1) is 85.1. The van der Waals surface area contributed by atoms with Gasteiger partial charge in [0.1, 0.15) is 28.2 Å². The van der Waals surface area contributed by atoms with Gasteiger partial charge in [-0.15, -0.1) is 0 Å². The Bertz CT molecular complexity index is 6530. The Morgan fingerprint density at radius 3 is 0.667 bits per heavy atom. The molecule has 0 aliphatic heterocycles. The average molecular weight is 1570 g/mol. The zero-order valence-corrected chi connectivity index (χ0v) is 75.5. The first-order valence-corrected chi connectivity index (χ1v) is 42.4. The molecule has 16 rings (SSSR count). The third-order valence-corrected chi connectivity index (χ3v) is 24.6. The van der Waals surface area contributed by atoms with Crippen LogP contribution in [0, 0.1) is 138 Å². The first-order chi connectivity index (χ1) is 57.4. The van der Waals surface area contributed by atoms with Crippen molar-refractivity contribution in [3.05, 3.63) is 403 Å². The van der Waals surface area contributed by atoms with Crippen molar-refractivity contribution in [1.29, 1.82) is 0 Å². The fourth-order valence-electron chi connectivity index (χ4n) is 18.0. The topological polar surface area (TPSA) is 15.5 Å². The van der Waals surface area contributed by atoms with Gasteiger partial charge in [-0.05, 0) is 330 Å². The van der Waals surface area contributed by atoms with Gasteiger partial charge in [0.15, 0.2) is 24.8 Å². The average Bonchev–Trinajstić information content (AvgIpc) is 0.796. The molecule has 0 aliphatic carbocycles. The molecule has 4 aromatic heterocycles. The standard InChI is InChI=1S/C30H32N.2C29H30N.C28H28N/c1-19-14-22(4)30(23(5)15-19)28-17-29(31(7)18-24(28)6)27-16-25(13-12-21(27)3)26-11-9-8-10-20(26)2;1-19-10-7-8-13-25(19)24-15-14-20(2)26(16-24)28-17-27(23(5)18-30(28)6)29-21(3)11-9-12-22(29)4;1-19-11-14-26(22(4)15-19)27-17-29(30(6)18-23(27)5)28-16-24(13-12-21(28)3)25-10-8-7-9-20(25)2;1-19-10-6-8-12-24(19)23-15-14-21(3)27(16-23)28-17-26(22(4)18-29(28)5)25-13-9-7-11-20(25)2/h8-18H,1-7H3;2*7-18H,1-6H3;6-18H,1-5H3/q4*+1. The van der Waals surface area contributed by atoms with Crippen LogP contribution in [0.1, 0.15) is 111 Å². The predicted molar refractivity (Wildman–Crippen MR) is 510 cm³/mol. The van der Waals surface area contributed by atoms with Crippen molar-refractivity contribution in [2.24, 2.45) is 28.2 Å². The molecule has 0 amide bonds. The fraction of sp³-hybridized carbons (Fsp3) is 0.207. The van der Waals surface area contributed by atoms with E-state index in [0.717, 1.165) is 0 Å². The molecule has 16 aromatic rings. The molecule has 0 N–H and O–H groups in total. The molecule has 0 unspecified atom stereocenters. The summed E-state index contributed by atoms with van der Waals surface area (Å²) in [5.74, 6) is 0. The molecule has 0 saturated carbocycles. The molecular weight excluding hydrogens is 1450 g/mol. The summed E-state index contributed by atoms with van der Waals surface area (Å²) in [4.78, 5) is 0. The molecule has 4 heteroatoms. The van der Waals surface area contributed by atoms with Gasteiger partial charge in [-0.1, -0.05) is 230 Å². The lowest BCUT2D eigenvalue weighted by Crippen LogP contribution is -2.31. The van der Waals surface area contributed by atoms with Gasteiger partial charge in [0, 0.05) is 68.8 Å². The minimum Gasteiger partial charge on any atom is -0.201 e. The summed E-state index contributed by atoms with van der Waals surface area (Å²) in [6.45, 7) is 43.9. The summed E-state index contributed by atoms with van der Waals surface area (Å²) in [6, 6.07) is 97.7. The number of rotatable bonds is 12. The molecule has 4 nitrogen and oxygen atoms in total. The molecule has 0 spiro atoms. The highest BCUT2D eigenvalue weighted by Gasteiger charge is 2.25. The number of nitrogens with zero attached hydrogens (tertiary/aromatic N) is 4. The summed E-state index contributed by atoms with van der Waals surface area (Å²) in [6.07, 6.45) is 9.03. The molecule has 4 heterocycles. The lowest BCUT2D eigenvalue weighted by atomic mass is 9.90. The number of hydrogen-bond donors (Lipinski definition) is 0. The van der Waals surface area contributed by atoms with Crippen molar-refractivity contribution >= 4 is 0 Å². The van der Waals surface area contributed by atoms with Crippen molar-refractivity contribution in [2.75, 3.05) is 0 Å². The van der Waals surface area contributed by atoms with Crippen LogP contribution in [0.25, 0.3) is 134 Å². The van der Waals surface area contributed by atoms with Gasteiger partial charge >= 0.3 is 0 Å². The molecule has 120 heavy (non-hydrogen) atoms. The fourth-order valence-corrected chi connectivity index (χ4v) is 18.0. The summed E-state index contributed by atoms with van der Waals surface area (Å²) in [7, 11) is 8.59. The van der Waals surface area contributed by atoms with E-state index < -0.39 is 0 Å². The lowest BCUT2D eigenvalue weighted by Gasteiger charge is -2.15. The van der Waals surface area contributed by atoms with E-state index in [9.17, 15) is 0 Å². The second-order valence-electron chi connectivity index (χ2n) is 34.0. The van der Waals surface area contributed by atoms with Gasteiger partial charge in [0.25, 0.3) is 0 Å². The zero-order chi connectivity index (χ0) is 85.7. The predicted octanol–water partition coefficient (Wildman–Crippen LogP) is 28.2. The Morgan fingerprint density at radius 2 is 0.375 bits per heavy atom. The number of benzene rings is 12. The van der Waals surface area contributed by atoms with E-state index in [4.69, 9.17) is 0 Å². The monoisotopic (exact) mass is 1570 g/mol. The van der Waals surface area contributed by atoms with Crippen molar-refractivity contribution in [3.63, 3.8) is 0 Å². The van der Waals surface area contributed by atoms with Gasteiger partial charge in [0.05, 0.1) is 0 Å². The van der Waals surface area contributed by atoms with Gasteiger partial charge in [-0.2, -0.15) is 0 Å². The third kappa shape index (κ3) is 18.4. The molecule has 0 bridgehead atoms. The van der Waals surface area contributed by atoms with Crippen LogP contribution < -0.4 is 18.3 Å². The van der Waals surface area contributed by atoms with E-state index in [0.29, 0.717) is 0 Å². The summed E-state index contributed by atoms with van der Waals surface area (Å²) in [5, 5.41) is 0. The SMILES string of the molecule is Cc1cc(C)c(-c2cc(-c3cc(-c4ccccc4C)ccc3C)[n+](C)cc2C)c(C)c1.Cc1ccc(-c2cc(-c3cc(-c4ccccc4C)ccc3C)[n+](C)cc2C)c(C)c1.Cc1ccccc1-c1ccc(C)c(-c2cc(-c3c(C)cccc3C)c(C)c[n+]2C)c1.Cc1ccccc1-c1ccc(C)c(-c2cc(-c3ccccc3C)c(C)c[n+]2C)c1. The highest BCUT2D eigenvalue weighted by molar-refractivity contribution is 5.85. The minimum absolute atomic E-state index is 1.24. The Hall–Kier alpha value is -12.8. The van der Waals surface area contributed by atoms with E-state index in [1.165, 1.54) is 245 Å². The van der Waals surface area contributed by atoms with Crippen molar-refractivity contribution in [3.8, 4) is 134 Å². The molecule has 0 atom stereocenters. The normalized spacial score (nSPS) is 11.0. The van der Waals surface area contributed by atoms with Crippen molar-refractivity contribution in [1.82, 2.24) is 0 Å². The molecular formula is C116H120N4+4. The van der Waals surface area contributed by atoms with E-state index in [2.05, 4.69) is 477 Å². The van der Waals surface area contributed by atoms with Crippen LogP contribution in [0.5, 0.6) is 0 Å². The maximum Gasteiger partial charge on any atom is 0.213 e. The molecule has 0 aliphatic rings. The maximum atomic E-state index is 2.38. The zero-order valence-electron chi connectivity index (χ0n) is 75.5. The van der Waals surface area contributed by atoms with Crippen LogP contribution in [-0.4, -0.2) is 0 Å². The largest absolute Gasteiger partial charge is 0.213 e. The van der Waals surface area contributed by atoms with E-state index in [-0.39, 0.29) is 0 Å². The Morgan fingerprint density at radius 1 is 0.142 bits per heavy atom. The minimum atomic E-state index is 1.24. The van der Waals surface area contributed by atoms with E-state index in [1.807, 2.05) is 0 Å². The van der Waals surface area contributed by atoms with Gasteiger partial charge in [0.2, 0.25) is 22.8 Å². The van der Waals surface area contributed by atoms with Crippen LogP contribution in [0.2, 0.25) is 0 Å². The number of aromatic nitrogens is 4. The van der Waals surface area contributed by atoms with Crippen molar-refractivity contribution in [2.45, 2.75) is 138 Å². The summed E-state index contributed by atoms with van der Waals surface area (Å²) in [5.41, 5.74) is 57.0. The summed E-state index contributed by atoms with van der Waals surface area (Å²) < 4.78 is 9.03. The van der Waals surface area contributed by atoms with Crippen LogP contribution in [0.15, 0.2) is 292 Å². The number of hydrogen-bond acceptors (Lipinski definition) is 0. The first-order valence-electron chi connectivity index (χ1n) is 42.4. The summed E-state index contributed by atoms with van der Waals surface area (Å²) >= 11 is 0. The quantitative estimate of drug-likeness (QED) is 0.108. The van der Waals surface area contributed by atoms with Crippen LogP contribution in [0.3, 0.4) is 0 Å². The van der Waals surface area contributed by atoms with Crippen LogP contribution in [-0.2, 0) is 28.2 Å². The highest BCUT2D eigenvalue weighted by Crippen LogP contribution is 2.41. The van der Waals surface area contributed by atoms with Crippen LogP contribution in [0.4, 0.5) is 0 Å². The second-order valence-corrected chi connectivity index (χ2v) is 34.0. The Balaban J connectivity index is 0.000000138. The Kier molecular flexibility index (Phi) is 26.0. The number of pyridine rings is 4. The molecule has 0 radical (unpaired) electrons. The van der Waals surface area contributed by atoms with Gasteiger partial charge in [-0.25, -0.2) is 18.3 Å². The third-order valence-electron chi connectivity index (χ3n) is 24.6. The molecule has 600 valence electrons. The van der Waals surface area contributed by atoms with Crippen molar-refractivity contribution < 1.29 is 18.3 Å². The molecule has 12 aromatic carbocycles. The van der Waals surface area contributed by atoms with Gasteiger partial charge < -0.3 is 0 Å². The Labute approximate surface area is 717 Å². The molecule has 0 saturated heterocycles. The lowest BCUT2D eigenvalue weighted by molar-refractivity contribution is -0.660. The van der Waals surface area contributed by atoms with E-state index >= 15 is 0 Å². The maximum absolute atomic E-state index is 2.38. The highest BCUT2D eigenvalue weighted by atomic mass is 14.9. The molecule has 0 fully saturated rings. The number of aryl methyl sites for hydroxylation is 24. The smallest absolute Gasteiger partial charge is 0.201 e. The second kappa shape index (κ2) is 36.6. The van der Waals surface area contributed by atoms with Crippen LogP contribution >= 0.6 is 0 Å². The van der Waals surface area contributed by atoms with Gasteiger partial charge in [-0.3, -0.25) is 0 Å². The van der Waals surface area contributed by atoms with E-state index in [1.54, 1.807) is 0 Å².